The number of furan rings is 1. The van der Waals surface area contributed by atoms with Crippen molar-refractivity contribution in [1.82, 2.24) is 4.98 Å². The molecule has 18 heavy (non-hydrogen) atoms. The maximum atomic E-state index is 11.6. The van der Waals surface area contributed by atoms with Gasteiger partial charge in [-0.1, -0.05) is 0 Å². The number of hydrogen-bond acceptors (Lipinski definition) is 4. The molecular weight excluding hydrogens is 248 g/mol. The molecule has 4 nitrogen and oxygen atoms in total. The topological polar surface area (TPSA) is 55.1 Å². The summed E-state index contributed by atoms with van der Waals surface area (Å²) in [5.74, 6) is 1.27. The van der Waals surface area contributed by atoms with Crippen LogP contribution in [0.15, 0.2) is 22.6 Å². The second kappa shape index (κ2) is 5.18. The SMILES string of the molecule is Cc1ccc(C=CC(=O)Nc2nc(C)c(C)s2)o1. The largest absolute Gasteiger partial charge is 0.462 e. The van der Waals surface area contributed by atoms with Crippen molar-refractivity contribution >= 4 is 28.5 Å². The van der Waals surface area contributed by atoms with E-state index in [2.05, 4.69) is 10.3 Å². The van der Waals surface area contributed by atoms with Crippen LogP contribution >= 0.6 is 11.3 Å². The van der Waals surface area contributed by atoms with Crippen LogP contribution in [0.1, 0.15) is 22.1 Å². The van der Waals surface area contributed by atoms with Crippen LogP contribution in [0.2, 0.25) is 0 Å². The first kappa shape index (κ1) is 12.6. The van der Waals surface area contributed by atoms with E-state index in [0.29, 0.717) is 10.9 Å². The number of carbonyl (C=O) groups is 1. The van der Waals surface area contributed by atoms with E-state index in [9.17, 15) is 4.79 Å². The summed E-state index contributed by atoms with van der Waals surface area (Å²) in [5, 5.41) is 3.34. The quantitative estimate of drug-likeness (QED) is 0.863. The number of amides is 1. The molecule has 1 N–H and O–H groups in total. The monoisotopic (exact) mass is 262 g/mol. The Hall–Kier alpha value is -1.88. The van der Waals surface area contributed by atoms with E-state index in [-0.39, 0.29) is 5.91 Å². The average Bonchev–Trinajstić information content (AvgIpc) is 2.84. The van der Waals surface area contributed by atoms with Crippen LogP contribution in [0.5, 0.6) is 0 Å². The van der Waals surface area contributed by atoms with Gasteiger partial charge in [0.2, 0.25) is 5.91 Å². The third-order valence-corrected chi connectivity index (χ3v) is 3.41. The number of aromatic nitrogens is 1. The highest BCUT2D eigenvalue weighted by Gasteiger charge is 2.05. The molecule has 0 atom stereocenters. The lowest BCUT2D eigenvalue weighted by molar-refractivity contribution is -0.111. The Morgan fingerprint density at radius 3 is 2.72 bits per heavy atom. The Morgan fingerprint density at radius 2 is 2.17 bits per heavy atom. The van der Waals surface area contributed by atoms with Crippen molar-refractivity contribution in [3.63, 3.8) is 0 Å². The van der Waals surface area contributed by atoms with Crippen LogP contribution in [0.3, 0.4) is 0 Å². The van der Waals surface area contributed by atoms with Gasteiger partial charge >= 0.3 is 0 Å². The van der Waals surface area contributed by atoms with Crippen LogP contribution in [-0.4, -0.2) is 10.9 Å². The van der Waals surface area contributed by atoms with E-state index in [1.54, 1.807) is 6.08 Å². The number of thiazole rings is 1. The van der Waals surface area contributed by atoms with Gasteiger partial charge in [0.1, 0.15) is 11.5 Å². The fourth-order valence-electron chi connectivity index (χ4n) is 1.37. The summed E-state index contributed by atoms with van der Waals surface area (Å²) < 4.78 is 5.33. The molecule has 0 radical (unpaired) electrons. The van der Waals surface area contributed by atoms with Crippen molar-refractivity contribution < 1.29 is 9.21 Å². The Bertz CT molecular complexity index is 576. The summed E-state index contributed by atoms with van der Waals surface area (Å²) in [4.78, 5) is 17.0. The standard InChI is InChI=1S/C13H14N2O2S/c1-8-4-5-11(17-8)6-7-12(16)15-13-14-9(2)10(3)18-13/h4-7H,1-3H3,(H,14,15,16). The number of carbonyl (C=O) groups excluding carboxylic acids is 1. The minimum Gasteiger partial charge on any atom is -0.462 e. The summed E-state index contributed by atoms with van der Waals surface area (Å²) in [7, 11) is 0. The highest BCUT2D eigenvalue weighted by atomic mass is 32.1. The highest BCUT2D eigenvalue weighted by molar-refractivity contribution is 7.15. The summed E-state index contributed by atoms with van der Waals surface area (Å²) in [5.41, 5.74) is 0.945. The summed E-state index contributed by atoms with van der Waals surface area (Å²) in [6, 6.07) is 3.67. The van der Waals surface area contributed by atoms with Crippen LogP contribution in [0.25, 0.3) is 6.08 Å². The molecule has 0 spiro atoms. The third-order valence-electron chi connectivity index (χ3n) is 2.42. The average molecular weight is 262 g/mol. The summed E-state index contributed by atoms with van der Waals surface area (Å²) >= 11 is 1.47. The van der Waals surface area contributed by atoms with Gasteiger partial charge in [0.05, 0.1) is 5.69 Å². The zero-order valence-electron chi connectivity index (χ0n) is 10.5. The van der Waals surface area contributed by atoms with Crippen molar-refractivity contribution in [2.75, 3.05) is 5.32 Å². The van der Waals surface area contributed by atoms with E-state index in [4.69, 9.17) is 4.42 Å². The van der Waals surface area contributed by atoms with Gasteiger partial charge in [-0.3, -0.25) is 10.1 Å². The van der Waals surface area contributed by atoms with Crippen molar-refractivity contribution in [2.24, 2.45) is 0 Å². The van der Waals surface area contributed by atoms with Gasteiger partial charge in [0.15, 0.2) is 5.13 Å². The molecule has 0 saturated heterocycles. The van der Waals surface area contributed by atoms with Crippen molar-refractivity contribution in [2.45, 2.75) is 20.8 Å². The second-order valence-corrected chi connectivity index (χ2v) is 5.13. The molecule has 5 heteroatoms. The fourth-order valence-corrected chi connectivity index (χ4v) is 2.19. The lowest BCUT2D eigenvalue weighted by Crippen LogP contribution is -2.07. The maximum Gasteiger partial charge on any atom is 0.250 e. The molecule has 2 heterocycles. The molecule has 0 bridgehead atoms. The Morgan fingerprint density at radius 1 is 1.39 bits per heavy atom. The van der Waals surface area contributed by atoms with Gasteiger partial charge in [0.25, 0.3) is 0 Å². The first-order valence-corrected chi connectivity index (χ1v) is 6.36. The normalized spacial score (nSPS) is 11.1. The van der Waals surface area contributed by atoms with E-state index in [1.807, 2.05) is 32.9 Å². The molecule has 2 rings (SSSR count). The molecule has 0 fully saturated rings. The first-order chi connectivity index (χ1) is 8.54. The second-order valence-electron chi connectivity index (χ2n) is 3.93. The molecule has 0 aliphatic carbocycles. The van der Waals surface area contributed by atoms with Gasteiger partial charge in [-0.2, -0.15) is 0 Å². The summed E-state index contributed by atoms with van der Waals surface area (Å²) in [6.07, 6.45) is 3.07. The fraction of sp³-hybridized carbons (Fsp3) is 0.231. The van der Waals surface area contributed by atoms with Crippen molar-refractivity contribution in [3.05, 3.63) is 40.3 Å². The molecule has 2 aromatic heterocycles. The number of hydrogen-bond donors (Lipinski definition) is 1. The Kier molecular flexibility index (Phi) is 3.62. The van der Waals surface area contributed by atoms with Crippen molar-refractivity contribution in [3.8, 4) is 0 Å². The molecule has 0 aliphatic rings. The van der Waals surface area contributed by atoms with E-state index in [0.717, 1.165) is 16.3 Å². The third kappa shape index (κ3) is 3.07. The van der Waals surface area contributed by atoms with Gasteiger partial charge in [-0.05, 0) is 39.0 Å². The first-order valence-electron chi connectivity index (χ1n) is 5.54. The lowest BCUT2D eigenvalue weighted by Gasteiger charge is -1.94. The molecule has 94 valence electrons. The van der Waals surface area contributed by atoms with Crippen LogP contribution < -0.4 is 5.32 Å². The van der Waals surface area contributed by atoms with Crippen LogP contribution in [0.4, 0.5) is 5.13 Å². The molecule has 0 unspecified atom stereocenters. The van der Waals surface area contributed by atoms with Gasteiger partial charge in [-0.15, -0.1) is 11.3 Å². The highest BCUT2D eigenvalue weighted by Crippen LogP contribution is 2.21. The van der Waals surface area contributed by atoms with E-state index >= 15 is 0 Å². The molecule has 0 aromatic carbocycles. The number of nitrogens with zero attached hydrogens (tertiary/aromatic N) is 1. The maximum absolute atomic E-state index is 11.6. The number of rotatable bonds is 3. The van der Waals surface area contributed by atoms with Gasteiger partial charge in [0, 0.05) is 11.0 Å². The summed E-state index contributed by atoms with van der Waals surface area (Å²) in [6.45, 7) is 5.76. The molecule has 1 amide bonds. The Balaban J connectivity index is 1.98. The van der Waals surface area contributed by atoms with Crippen molar-refractivity contribution in [1.29, 1.82) is 0 Å². The van der Waals surface area contributed by atoms with E-state index in [1.165, 1.54) is 17.4 Å². The Labute approximate surface area is 109 Å². The number of nitrogens with one attached hydrogen (secondary N) is 1. The molecule has 0 aliphatic heterocycles. The van der Waals surface area contributed by atoms with Gasteiger partial charge < -0.3 is 4.42 Å². The van der Waals surface area contributed by atoms with Gasteiger partial charge in [-0.25, -0.2) is 4.98 Å². The minimum absolute atomic E-state index is 0.210. The number of aryl methyl sites for hydroxylation is 3. The zero-order chi connectivity index (χ0) is 13.1. The predicted octanol–water partition coefficient (Wildman–Crippen LogP) is 3.31. The molecular formula is C13H14N2O2S. The molecule has 2 aromatic rings. The predicted molar refractivity (Wildman–Crippen MR) is 72.7 cm³/mol. The molecule has 0 saturated carbocycles. The number of anilines is 1. The smallest absolute Gasteiger partial charge is 0.250 e. The van der Waals surface area contributed by atoms with Crippen LogP contribution in [-0.2, 0) is 4.79 Å². The van der Waals surface area contributed by atoms with E-state index < -0.39 is 0 Å². The zero-order valence-corrected chi connectivity index (χ0v) is 11.3. The minimum atomic E-state index is -0.210. The lowest BCUT2D eigenvalue weighted by atomic mass is 10.4. The van der Waals surface area contributed by atoms with Crippen LogP contribution in [0, 0.1) is 20.8 Å².